The lowest BCUT2D eigenvalue weighted by Gasteiger charge is -2.02. The third kappa shape index (κ3) is 3.22. The summed E-state index contributed by atoms with van der Waals surface area (Å²) in [5.41, 5.74) is 1.52. The van der Waals surface area contributed by atoms with E-state index in [-0.39, 0.29) is 17.9 Å². The smallest absolute Gasteiger partial charge is 0.271 e. The Labute approximate surface area is 159 Å². The third-order valence-corrected chi connectivity index (χ3v) is 6.34. The summed E-state index contributed by atoms with van der Waals surface area (Å²) in [6, 6.07) is 13.4. The Kier molecular flexibility index (Phi) is 4.37. The number of benzene rings is 1. The molecule has 0 spiro atoms. The van der Waals surface area contributed by atoms with Crippen molar-refractivity contribution in [2.45, 2.75) is 6.54 Å². The van der Waals surface area contributed by atoms with E-state index in [1.54, 1.807) is 6.07 Å². The molecule has 0 atom stereocenters. The van der Waals surface area contributed by atoms with Gasteiger partial charge >= 0.3 is 0 Å². The number of thiophene rings is 2. The highest BCUT2D eigenvalue weighted by molar-refractivity contribution is 9.10. The maximum Gasteiger partial charge on any atom is 0.271 e. The minimum absolute atomic E-state index is 0.00774. The second-order valence-electron chi connectivity index (χ2n) is 5.41. The lowest BCUT2D eigenvalue weighted by atomic mass is 10.2. The van der Waals surface area contributed by atoms with Gasteiger partial charge in [0.05, 0.1) is 23.3 Å². The number of rotatable bonds is 4. The molecule has 0 aliphatic heterocycles. The molecule has 0 radical (unpaired) electrons. The molecular weight excluding hydrogens is 420 g/mol. The second kappa shape index (κ2) is 6.67. The van der Waals surface area contributed by atoms with Crippen molar-refractivity contribution >= 4 is 54.6 Å². The zero-order valence-electron chi connectivity index (χ0n) is 12.8. The van der Waals surface area contributed by atoms with Crippen molar-refractivity contribution in [3.05, 3.63) is 73.9 Å². The van der Waals surface area contributed by atoms with Crippen LogP contribution in [0.3, 0.4) is 0 Å². The lowest BCUT2D eigenvalue weighted by Crippen LogP contribution is -2.23. The number of nitrogens with zero attached hydrogens (tertiary/aromatic N) is 2. The molecule has 0 saturated carbocycles. The predicted octanol–water partition coefficient (Wildman–Crippen LogP) is 4.83. The Morgan fingerprint density at radius 1 is 1.20 bits per heavy atom. The van der Waals surface area contributed by atoms with Crippen molar-refractivity contribution < 1.29 is 4.79 Å². The summed E-state index contributed by atoms with van der Waals surface area (Å²) in [6.07, 6.45) is 1.45. The van der Waals surface area contributed by atoms with Gasteiger partial charge in [-0.1, -0.05) is 34.1 Å². The zero-order chi connectivity index (χ0) is 17.4. The summed E-state index contributed by atoms with van der Waals surface area (Å²) in [5.74, 6) is -0.0806. The number of Topliss-reactive ketones (excluding diaryl/α,β-unsaturated/α-hetero) is 1. The van der Waals surface area contributed by atoms with Gasteiger partial charge in [0.15, 0.2) is 5.78 Å². The molecule has 4 nitrogen and oxygen atoms in total. The third-order valence-electron chi connectivity index (χ3n) is 3.74. The van der Waals surface area contributed by atoms with Crippen LogP contribution in [0.5, 0.6) is 0 Å². The minimum Gasteiger partial charge on any atom is -0.291 e. The average molecular weight is 431 g/mol. The van der Waals surface area contributed by atoms with Crippen molar-refractivity contribution in [1.29, 1.82) is 0 Å². The van der Waals surface area contributed by atoms with Gasteiger partial charge < -0.3 is 0 Å². The second-order valence-corrected chi connectivity index (χ2v) is 8.33. The number of hydrogen-bond acceptors (Lipinski definition) is 5. The monoisotopic (exact) mass is 430 g/mol. The van der Waals surface area contributed by atoms with Crippen LogP contribution in [0.15, 0.2) is 63.4 Å². The summed E-state index contributed by atoms with van der Waals surface area (Å²) < 4.78 is 2.95. The molecule has 4 aromatic rings. The van der Waals surface area contributed by atoms with Crippen LogP contribution in [-0.4, -0.2) is 15.3 Å². The van der Waals surface area contributed by atoms with E-state index in [2.05, 4.69) is 20.9 Å². The van der Waals surface area contributed by atoms with E-state index in [1.807, 2.05) is 41.8 Å². The molecule has 3 aromatic heterocycles. The summed E-state index contributed by atoms with van der Waals surface area (Å²) in [7, 11) is 0. The van der Waals surface area contributed by atoms with E-state index in [9.17, 15) is 9.59 Å². The molecule has 0 amide bonds. The SMILES string of the molecule is O=C(Cn1cnc2cc(-c3ccc(Br)cc3)sc2c1=O)c1cccs1. The summed E-state index contributed by atoms with van der Waals surface area (Å²) in [4.78, 5) is 30.9. The number of carbonyl (C=O) groups is 1. The summed E-state index contributed by atoms with van der Waals surface area (Å²) in [5, 5.41) is 1.85. The molecule has 0 unspecified atom stereocenters. The van der Waals surface area contributed by atoms with E-state index in [0.717, 1.165) is 14.9 Å². The molecular formula is C18H11BrN2O2S2. The van der Waals surface area contributed by atoms with Crippen LogP contribution < -0.4 is 5.56 Å². The van der Waals surface area contributed by atoms with Crippen LogP contribution in [0.25, 0.3) is 20.7 Å². The molecule has 124 valence electrons. The molecule has 7 heteroatoms. The van der Waals surface area contributed by atoms with Gasteiger partial charge in [-0.15, -0.1) is 22.7 Å². The number of fused-ring (bicyclic) bond motifs is 1. The van der Waals surface area contributed by atoms with Crippen molar-refractivity contribution in [3.63, 3.8) is 0 Å². The Balaban J connectivity index is 1.71. The van der Waals surface area contributed by atoms with Crippen LogP contribution in [0.1, 0.15) is 9.67 Å². The first-order chi connectivity index (χ1) is 12.1. The van der Waals surface area contributed by atoms with E-state index in [0.29, 0.717) is 15.1 Å². The Morgan fingerprint density at radius 2 is 2.00 bits per heavy atom. The van der Waals surface area contributed by atoms with Crippen molar-refractivity contribution in [1.82, 2.24) is 9.55 Å². The van der Waals surface area contributed by atoms with Crippen molar-refractivity contribution in [3.8, 4) is 10.4 Å². The van der Waals surface area contributed by atoms with Gasteiger partial charge in [0.2, 0.25) is 0 Å². The first-order valence-corrected chi connectivity index (χ1v) is 9.92. The Morgan fingerprint density at radius 3 is 2.72 bits per heavy atom. The average Bonchev–Trinajstić information content (AvgIpc) is 3.28. The maximum absolute atomic E-state index is 12.7. The minimum atomic E-state index is -0.178. The first kappa shape index (κ1) is 16.4. The topological polar surface area (TPSA) is 52.0 Å². The molecule has 3 heterocycles. The van der Waals surface area contributed by atoms with Crippen LogP contribution in [0.2, 0.25) is 0 Å². The van der Waals surface area contributed by atoms with E-state index >= 15 is 0 Å². The van der Waals surface area contributed by atoms with Crippen molar-refractivity contribution in [2.75, 3.05) is 0 Å². The number of aromatic nitrogens is 2. The lowest BCUT2D eigenvalue weighted by molar-refractivity contribution is 0.0974. The quantitative estimate of drug-likeness (QED) is 0.435. The van der Waals surface area contributed by atoms with Gasteiger partial charge in [-0.05, 0) is 35.2 Å². The fourth-order valence-corrected chi connectivity index (χ4v) is 4.47. The number of carbonyl (C=O) groups excluding carboxylic acids is 1. The highest BCUT2D eigenvalue weighted by atomic mass is 79.9. The number of halogens is 1. The standard InChI is InChI=1S/C18H11BrN2O2S2/c19-12-5-3-11(4-6-12)16-8-13-17(25-16)18(23)21(10-20-13)9-14(22)15-2-1-7-24-15/h1-8,10H,9H2. The van der Waals surface area contributed by atoms with Gasteiger partial charge in [0, 0.05) is 9.35 Å². The molecule has 0 aliphatic carbocycles. The van der Waals surface area contributed by atoms with Gasteiger partial charge in [-0.3, -0.25) is 14.2 Å². The fraction of sp³-hybridized carbons (Fsp3) is 0.0556. The molecule has 0 aliphatic rings. The fourth-order valence-electron chi connectivity index (χ4n) is 2.48. The number of ketones is 1. The molecule has 0 N–H and O–H groups in total. The van der Waals surface area contributed by atoms with Gasteiger partial charge in [0.25, 0.3) is 5.56 Å². The number of hydrogen-bond donors (Lipinski definition) is 0. The Bertz CT molecular complexity index is 1110. The first-order valence-electron chi connectivity index (χ1n) is 7.43. The van der Waals surface area contributed by atoms with E-state index in [4.69, 9.17) is 0 Å². The highest BCUT2D eigenvalue weighted by Crippen LogP contribution is 2.31. The summed E-state index contributed by atoms with van der Waals surface area (Å²) in [6.45, 7) is 0.00774. The van der Waals surface area contributed by atoms with Crippen molar-refractivity contribution in [2.24, 2.45) is 0 Å². The predicted molar refractivity (Wildman–Crippen MR) is 106 cm³/mol. The van der Waals surface area contributed by atoms with Gasteiger partial charge in [-0.25, -0.2) is 4.98 Å². The normalized spacial score (nSPS) is 11.1. The molecule has 0 bridgehead atoms. The van der Waals surface area contributed by atoms with E-state index < -0.39 is 0 Å². The van der Waals surface area contributed by atoms with E-state index in [1.165, 1.54) is 33.6 Å². The molecule has 0 fully saturated rings. The van der Waals surface area contributed by atoms with Crippen LogP contribution in [0, 0.1) is 0 Å². The molecule has 25 heavy (non-hydrogen) atoms. The largest absolute Gasteiger partial charge is 0.291 e. The molecule has 1 aromatic carbocycles. The molecule has 4 rings (SSSR count). The maximum atomic E-state index is 12.7. The molecule has 0 saturated heterocycles. The van der Waals surface area contributed by atoms with Crippen LogP contribution >= 0.6 is 38.6 Å². The van der Waals surface area contributed by atoms with Crippen LogP contribution in [-0.2, 0) is 6.54 Å². The zero-order valence-corrected chi connectivity index (χ0v) is 16.0. The van der Waals surface area contributed by atoms with Gasteiger partial charge in [-0.2, -0.15) is 0 Å². The Hall–Kier alpha value is -2.09. The highest BCUT2D eigenvalue weighted by Gasteiger charge is 2.13. The summed E-state index contributed by atoms with van der Waals surface area (Å²) >= 11 is 6.20. The van der Waals surface area contributed by atoms with Crippen LogP contribution in [0.4, 0.5) is 0 Å². The van der Waals surface area contributed by atoms with Gasteiger partial charge in [0.1, 0.15) is 4.70 Å².